The first-order chi connectivity index (χ1) is 16.1. The van der Waals surface area contributed by atoms with Crippen molar-refractivity contribution in [3.8, 4) is 5.69 Å². The highest BCUT2D eigenvalue weighted by atomic mass is 35.5. The maximum atomic E-state index is 13.8. The van der Waals surface area contributed by atoms with Gasteiger partial charge in [0.05, 0.1) is 33.8 Å². The fourth-order valence-electron chi connectivity index (χ4n) is 5.55. The number of benzene rings is 2. The molecule has 1 aromatic heterocycles. The molecule has 5 rings (SSSR count). The minimum absolute atomic E-state index is 0.297. The average Bonchev–Trinajstić information content (AvgIpc) is 3.30. The third-order valence-electron chi connectivity index (χ3n) is 7.59. The Balaban J connectivity index is 1.45. The predicted octanol–water partition coefficient (Wildman–Crippen LogP) is 5.01. The predicted molar refractivity (Wildman–Crippen MR) is 126 cm³/mol. The normalized spacial score (nSPS) is 23.4. The largest absolute Gasteiger partial charge is 0.389 e. The van der Waals surface area contributed by atoms with Crippen LogP contribution in [0.3, 0.4) is 0 Å². The van der Waals surface area contributed by atoms with Crippen LogP contribution >= 0.6 is 11.6 Å². The molecule has 5 nitrogen and oxygen atoms in total. The molecule has 3 N–H and O–H groups in total. The number of carbonyl (C=O) groups excluding carboxylic acids is 1. The number of halogens is 3. The molecule has 2 aliphatic carbocycles. The summed E-state index contributed by atoms with van der Waals surface area (Å²) < 4.78 is 28.8. The van der Waals surface area contributed by atoms with Crippen LogP contribution in [0.15, 0.2) is 48.2 Å². The standard InChI is InChI=1S/C26H24ClF2N3O2/c1-25-13-16-14-31-32(18-5-6-20(28)21(29)12-18)22(16)11-17(25)8-10-26(25,34)9-7-15-3-2-4-19(27)23(15)24(30)33/h2-6,11-12,14,34H,7-10,13H2,1H3,(H2,30,33)/t25-,26-/m0/s1. The van der Waals surface area contributed by atoms with Gasteiger partial charge < -0.3 is 10.8 Å². The molecule has 3 aromatic rings. The van der Waals surface area contributed by atoms with Crippen LogP contribution < -0.4 is 5.73 Å². The Hall–Kier alpha value is -3.03. The van der Waals surface area contributed by atoms with E-state index in [1.54, 1.807) is 23.0 Å². The molecule has 0 unspecified atom stereocenters. The second-order valence-electron chi connectivity index (χ2n) is 9.41. The lowest BCUT2D eigenvalue weighted by Crippen LogP contribution is -2.45. The van der Waals surface area contributed by atoms with Gasteiger partial charge in [-0.05, 0) is 67.5 Å². The summed E-state index contributed by atoms with van der Waals surface area (Å²) in [6.07, 6.45) is 6.47. The van der Waals surface area contributed by atoms with Crippen LogP contribution in [0.5, 0.6) is 0 Å². The van der Waals surface area contributed by atoms with Crippen molar-refractivity contribution in [2.24, 2.45) is 11.1 Å². The van der Waals surface area contributed by atoms with Crippen molar-refractivity contribution in [1.82, 2.24) is 9.78 Å². The number of aliphatic hydroxyl groups is 1. The number of primary amides is 1. The topological polar surface area (TPSA) is 81.1 Å². The highest BCUT2D eigenvalue weighted by Gasteiger charge is 2.54. The van der Waals surface area contributed by atoms with Crippen LogP contribution in [0.4, 0.5) is 8.78 Å². The zero-order valence-corrected chi connectivity index (χ0v) is 19.4. The summed E-state index contributed by atoms with van der Waals surface area (Å²) in [4.78, 5) is 11.9. The Morgan fingerprint density at radius 3 is 2.79 bits per heavy atom. The van der Waals surface area contributed by atoms with Crippen molar-refractivity contribution in [2.75, 3.05) is 0 Å². The van der Waals surface area contributed by atoms with Crippen molar-refractivity contribution in [3.05, 3.63) is 87.2 Å². The van der Waals surface area contributed by atoms with Gasteiger partial charge in [0.1, 0.15) is 0 Å². The number of hydrogen-bond donors (Lipinski definition) is 2. The van der Waals surface area contributed by atoms with Crippen LogP contribution in [0.1, 0.15) is 53.4 Å². The molecule has 176 valence electrons. The van der Waals surface area contributed by atoms with Gasteiger partial charge in [-0.15, -0.1) is 0 Å². The molecule has 0 saturated heterocycles. The second-order valence-corrected chi connectivity index (χ2v) is 9.82. The van der Waals surface area contributed by atoms with Gasteiger partial charge in [-0.2, -0.15) is 5.10 Å². The Bertz CT molecular complexity index is 1350. The molecule has 1 fully saturated rings. The maximum absolute atomic E-state index is 13.8. The minimum Gasteiger partial charge on any atom is -0.389 e. The molecule has 34 heavy (non-hydrogen) atoms. The molecule has 0 bridgehead atoms. The lowest BCUT2D eigenvalue weighted by Gasteiger charge is -2.42. The zero-order chi connectivity index (χ0) is 24.3. The van der Waals surface area contributed by atoms with E-state index in [9.17, 15) is 18.7 Å². The van der Waals surface area contributed by atoms with Crippen LogP contribution in [0.2, 0.25) is 5.02 Å². The van der Waals surface area contributed by atoms with E-state index >= 15 is 0 Å². The number of carbonyl (C=O) groups is 1. The monoisotopic (exact) mass is 483 g/mol. The number of hydrogen-bond acceptors (Lipinski definition) is 3. The minimum atomic E-state index is -1.00. The van der Waals surface area contributed by atoms with Gasteiger partial charge in [0, 0.05) is 11.5 Å². The smallest absolute Gasteiger partial charge is 0.250 e. The fourth-order valence-corrected chi connectivity index (χ4v) is 5.83. The molecule has 1 heterocycles. The summed E-state index contributed by atoms with van der Waals surface area (Å²) in [5.74, 6) is -2.42. The van der Waals surface area contributed by atoms with Crippen molar-refractivity contribution in [1.29, 1.82) is 0 Å². The average molecular weight is 484 g/mol. The van der Waals surface area contributed by atoms with Crippen LogP contribution in [0.25, 0.3) is 11.8 Å². The molecule has 2 atom stereocenters. The number of aryl methyl sites for hydroxylation is 1. The number of rotatable bonds is 5. The van der Waals surface area contributed by atoms with E-state index in [4.69, 9.17) is 17.3 Å². The molecule has 0 spiro atoms. The van der Waals surface area contributed by atoms with Gasteiger partial charge >= 0.3 is 0 Å². The molecule has 0 aliphatic heterocycles. The molecular formula is C26H24ClF2N3O2. The number of aromatic nitrogens is 2. The van der Waals surface area contributed by atoms with Crippen LogP contribution in [-0.4, -0.2) is 26.4 Å². The van der Waals surface area contributed by atoms with Gasteiger partial charge in [-0.1, -0.05) is 36.2 Å². The van der Waals surface area contributed by atoms with Gasteiger partial charge in [0.15, 0.2) is 11.6 Å². The first-order valence-electron chi connectivity index (χ1n) is 11.2. The molecule has 8 heteroatoms. The molecule has 0 radical (unpaired) electrons. The van der Waals surface area contributed by atoms with E-state index in [0.29, 0.717) is 48.4 Å². The Morgan fingerprint density at radius 1 is 1.26 bits per heavy atom. The molecule has 1 amide bonds. The maximum Gasteiger partial charge on any atom is 0.250 e. The summed E-state index contributed by atoms with van der Waals surface area (Å²) in [7, 11) is 0. The summed E-state index contributed by atoms with van der Waals surface area (Å²) in [5, 5.41) is 16.5. The van der Waals surface area contributed by atoms with Gasteiger partial charge in [0.25, 0.3) is 0 Å². The molecular weight excluding hydrogens is 460 g/mol. The van der Waals surface area contributed by atoms with Gasteiger partial charge in [-0.25, -0.2) is 13.5 Å². The summed E-state index contributed by atoms with van der Waals surface area (Å²) in [5.41, 5.74) is 8.30. The van der Waals surface area contributed by atoms with E-state index in [2.05, 4.69) is 12.0 Å². The Labute approximate surface area is 200 Å². The van der Waals surface area contributed by atoms with Gasteiger partial charge in [-0.3, -0.25) is 4.79 Å². The van der Waals surface area contributed by atoms with E-state index in [1.165, 1.54) is 6.07 Å². The zero-order valence-electron chi connectivity index (χ0n) is 18.6. The van der Waals surface area contributed by atoms with Crippen molar-refractivity contribution in [2.45, 2.75) is 44.6 Å². The van der Waals surface area contributed by atoms with Gasteiger partial charge in [0.2, 0.25) is 5.91 Å². The second kappa shape index (κ2) is 8.03. The molecule has 2 aliphatic rings. The summed E-state index contributed by atoms with van der Waals surface area (Å²) in [6, 6.07) is 8.92. The quantitative estimate of drug-likeness (QED) is 0.535. The highest BCUT2D eigenvalue weighted by Crippen LogP contribution is 2.57. The molecule has 1 saturated carbocycles. The lowest BCUT2D eigenvalue weighted by molar-refractivity contribution is -0.0461. The third-order valence-corrected chi connectivity index (χ3v) is 7.90. The van der Waals surface area contributed by atoms with Crippen LogP contribution in [-0.2, 0) is 12.8 Å². The van der Waals surface area contributed by atoms with Crippen LogP contribution in [0, 0.1) is 17.0 Å². The third kappa shape index (κ3) is 3.46. The van der Waals surface area contributed by atoms with Crippen molar-refractivity contribution in [3.63, 3.8) is 0 Å². The molecule has 2 aromatic carbocycles. The van der Waals surface area contributed by atoms with E-state index in [1.807, 2.05) is 12.1 Å². The lowest BCUT2D eigenvalue weighted by atomic mass is 9.65. The van der Waals surface area contributed by atoms with E-state index in [0.717, 1.165) is 34.5 Å². The van der Waals surface area contributed by atoms with E-state index in [-0.39, 0.29) is 0 Å². The summed E-state index contributed by atoms with van der Waals surface area (Å²) in [6.45, 7) is 2.05. The SMILES string of the molecule is C[C@]12Cc3cnn(-c4ccc(F)c(F)c4)c3C=C1CC[C@@]2(O)CCc1cccc(Cl)c1C(N)=O. The first kappa shape index (κ1) is 22.7. The summed E-state index contributed by atoms with van der Waals surface area (Å²) >= 11 is 6.19. The highest BCUT2D eigenvalue weighted by molar-refractivity contribution is 6.34. The number of amides is 1. The number of nitrogens with two attached hydrogens (primary N) is 1. The number of fused-ring (bicyclic) bond motifs is 2. The Kier molecular flexibility index (Phi) is 5.37. The van der Waals surface area contributed by atoms with Crippen molar-refractivity contribution >= 4 is 23.6 Å². The first-order valence-corrected chi connectivity index (χ1v) is 11.5. The Morgan fingerprint density at radius 2 is 2.06 bits per heavy atom. The number of nitrogens with zero attached hydrogens (tertiary/aromatic N) is 2. The fraction of sp³-hybridized carbons (Fsp3) is 0.308. The van der Waals surface area contributed by atoms with E-state index < -0.39 is 28.6 Å². The van der Waals surface area contributed by atoms with Crippen molar-refractivity contribution < 1.29 is 18.7 Å².